The van der Waals surface area contributed by atoms with Crippen molar-refractivity contribution in [2.45, 2.75) is 25.2 Å². The van der Waals surface area contributed by atoms with Gasteiger partial charge in [-0.3, -0.25) is 9.59 Å². The molecule has 0 bridgehead atoms. The highest BCUT2D eigenvalue weighted by Gasteiger charge is 2.38. The van der Waals surface area contributed by atoms with Crippen LogP contribution in [0.2, 0.25) is 0 Å². The average molecular weight is 278 g/mol. The molecule has 1 rings (SSSR count). The highest BCUT2D eigenvalue weighted by Crippen LogP contribution is 2.17. The molecule has 110 valence electrons. The van der Waals surface area contributed by atoms with Gasteiger partial charge >= 0.3 is 17.9 Å². The van der Waals surface area contributed by atoms with Gasteiger partial charge < -0.3 is 29.2 Å². The second-order valence-electron chi connectivity index (χ2n) is 3.90. The van der Waals surface area contributed by atoms with E-state index in [9.17, 15) is 14.7 Å². The summed E-state index contributed by atoms with van der Waals surface area (Å²) in [5, 5.41) is 18.3. The molecule has 1 heterocycles. The van der Waals surface area contributed by atoms with Crippen LogP contribution in [0.25, 0.3) is 0 Å². The number of esters is 2. The van der Waals surface area contributed by atoms with E-state index in [4.69, 9.17) is 14.6 Å². The van der Waals surface area contributed by atoms with Gasteiger partial charge in [0.25, 0.3) is 0 Å². The topological polar surface area (TPSA) is 112 Å². The van der Waals surface area contributed by atoms with E-state index >= 15 is 0 Å². The van der Waals surface area contributed by atoms with Crippen molar-refractivity contribution >= 4 is 11.9 Å². The quantitative estimate of drug-likeness (QED) is 0.447. The van der Waals surface area contributed by atoms with Gasteiger partial charge in [-0.1, -0.05) is 0 Å². The zero-order valence-corrected chi connectivity index (χ0v) is 10.5. The van der Waals surface area contributed by atoms with Gasteiger partial charge in [0, 0.05) is 12.8 Å². The summed E-state index contributed by atoms with van der Waals surface area (Å²) >= 11 is 0. The lowest BCUT2D eigenvalue weighted by atomic mass is 10.2. The summed E-state index contributed by atoms with van der Waals surface area (Å²) in [6.45, 7) is -0.125. The number of hydrogen-bond acceptors (Lipinski definition) is 8. The minimum atomic E-state index is -2.38. The Kier molecular flexibility index (Phi) is 6.71. The van der Waals surface area contributed by atoms with Crippen LogP contribution in [0.15, 0.2) is 0 Å². The van der Waals surface area contributed by atoms with Crippen LogP contribution in [0.3, 0.4) is 0 Å². The van der Waals surface area contributed by atoms with Crippen molar-refractivity contribution in [2.24, 2.45) is 0 Å². The predicted molar refractivity (Wildman–Crippen MR) is 59.7 cm³/mol. The molecular formula is C11H18O8. The summed E-state index contributed by atoms with van der Waals surface area (Å²) in [7, 11) is 0. The van der Waals surface area contributed by atoms with E-state index in [1.165, 1.54) is 0 Å². The summed E-state index contributed by atoms with van der Waals surface area (Å²) in [5.41, 5.74) is 0. The first-order valence-corrected chi connectivity index (χ1v) is 5.98. The summed E-state index contributed by atoms with van der Waals surface area (Å²) in [5.74, 6) is -3.70. The fourth-order valence-electron chi connectivity index (χ4n) is 1.40. The number of hydrogen-bond donors (Lipinski definition) is 2. The van der Waals surface area contributed by atoms with Crippen LogP contribution in [0.5, 0.6) is 0 Å². The zero-order valence-electron chi connectivity index (χ0n) is 10.5. The van der Waals surface area contributed by atoms with Gasteiger partial charge in [-0.05, 0) is 6.42 Å². The second kappa shape index (κ2) is 8.05. The van der Waals surface area contributed by atoms with E-state index in [0.29, 0.717) is 6.42 Å². The number of ether oxygens (including phenoxy) is 4. The Morgan fingerprint density at radius 2 is 1.63 bits per heavy atom. The molecule has 0 aromatic rings. The van der Waals surface area contributed by atoms with Gasteiger partial charge in [-0.15, -0.1) is 0 Å². The van der Waals surface area contributed by atoms with E-state index in [2.05, 4.69) is 9.47 Å². The number of cyclic esters (lactones) is 2. The van der Waals surface area contributed by atoms with E-state index in [-0.39, 0.29) is 39.3 Å². The van der Waals surface area contributed by atoms with Crippen molar-refractivity contribution in [2.75, 3.05) is 33.0 Å². The fourth-order valence-corrected chi connectivity index (χ4v) is 1.40. The molecule has 1 fully saturated rings. The minimum absolute atomic E-state index is 0.0387. The first-order chi connectivity index (χ1) is 9.06. The van der Waals surface area contributed by atoms with Crippen molar-refractivity contribution in [3.8, 4) is 0 Å². The lowest BCUT2D eigenvalue weighted by molar-refractivity contribution is -0.343. The van der Waals surface area contributed by atoms with Crippen LogP contribution in [0.1, 0.15) is 19.3 Å². The van der Waals surface area contributed by atoms with Crippen LogP contribution in [0.4, 0.5) is 0 Å². The first kappa shape index (κ1) is 15.8. The maximum Gasteiger partial charge on any atom is 0.398 e. The molecule has 0 saturated carbocycles. The summed E-state index contributed by atoms with van der Waals surface area (Å²) in [4.78, 5) is 22.5. The molecule has 8 nitrogen and oxygen atoms in total. The Hall–Kier alpha value is -1.22. The lowest BCUT2D eigenvalue weighted by Crippen LogP contribution is -2.45. The second-order valence-corrected chi connectivity index (χ2v) is 3.90. The Bertz CT molecular complexity index is 285. The van der Waals surface area contributed by atoms with Crippen LogP contribution < -0.4 is 0 Å². The Labute approximate surface area is 110 Å². The number of aliphatic hydroxyl groups excluding tert-OH is 1. The monoisotopic (exact) mass is 278 g/mol. The molecule has 0 atom stereocenters. The maximum atomic E-state index is 11.3. The third-order valence-corrected chi connectivity index (χ3v) is 2.20. The average Bonchev–Trinajstić information content (AvgIpc) is 2.31. The highest BCUT2D eigenvalue weighted by molar-refractivity contribution is 5.74. The molecule has 0 amide bonds. The molecule has 1 aliphatic heterocycles. The SMILES string of the molecule is O=C1CCCC(=O)OC(O)(COCCOCCO)O1. The van der Waals surface area contributed by atoms with E-state index < -0.39 is 24.5 Å². The van der Waals surface area contributed by atoms with Gasteiger partial charge in [0.15, 0.2) is 6.61 Å². The van der Waals surface area contributed by atoms with E-state index in [1.54, 1.807) is 0 Å². The van der Waals surface area contributed by atoms with Crippen LogP contribution >= 0.6 is 0 Å². The minimum Gasteiger partial charge on any atom is -0.396 e. The van der Waals surface area contributed by atoms with E-state index in [0.717, 1.165) is 0 Å². The van der Waals surface area contributed by atoms with Crippen LogP contribution in [-0.2, 0) is 28.5 Å². The number of rotatable bonds is 7. The highest BCUT2D eigenvalue weighted by atomic mass is 16.9. The van der Waals surface area contributed by atoms with Gasteiger partial charge in [0.1, 0.15) is 0 Å². The standard InChI is InChI=1S/C11H18O8/c12-4-5-16-6-7-17-8-11(15)18-9(13)2-1-3-10(14)19-11/h12,15H,1-8H2. The summed E-state index contributed by atoms with van der Waals surface area (Å²) in [6.07, 6.45) is 0.400. The van der Waals surface area contributed by atoms with Crippen LogP contribution in [-0.4, -0.2) is 61.2 Å². The number of carbonyl (C=O) groups is 2. The number of aliphatic hydroxyl groups is 2. The molecule has 0 unspecified atom stereocenters. The molecule has 1 saturated heterocycles. The maximum absolute atomic E-state index is 11.3. The lowest BCUT2D eigenvalue weighted by Gasteiger charge is -2.28. The summed E-state index contributed by atoms with van der Waals surface area (Å²) < 4.78 is 19.2. The van der Waals surface area contributed by atoms with Gasteiger partial charge in [0.05, 0.1) is 26.4 Å². The molecule has 0 aromatic heterocycles. The molecule has 0 aliphatic carbocycles. The largest absolute Gasteiger partial charge is 0.398 e. The van der Waals surface area contributed by atoms with Crippen molar-refractivity contribution in [3.63, 3.8) is 0 Å². The molecule has 19 heavy (non-hydrogen) atoms. The van der Waals surface area contributed by atoms with Crippen molar-refractivity contribution in [1.82, 2.24) is 0 Å². The number of carbonyl (C=O) groups excluding carboxylic acids is 2. The Morgan fingerprint density at radius 3 is 2.21 bits per heavy atom. The third-order valence-electron chi connectivity index (χ3n) is 2.20. The molecule has 0 spiro atoms. The molecule has 2 N–H and O–H groups in total. The predicted octanol–water partition coefficient (Wildman–Crippen LogP) is -1.07. The zero-order chi connectivity index (χ0) is 14.1. The Morgan fingerprint density at radius 1 is 1.05 bits per heavy atom. The molecule has 8 heteroatoms. The molecule has 0 radical (unpaired) electrons. The Balaban J connectivity index is 2.33. The van der Waals surface area contributed by atoms with Crippen molar-refractivity contribution < 1.29 is 38.7 Å². The van der Waals surface area contributed by atoms with Crippen molar-refractivity contribution in [1.29, 1.82) is 0 Å². The fraction of sp³-hybridized carbons (Fsp3) is 0.818. The summed E-state index contributed by atoms with van der Waals surface area (Å²) in [6, 6.07) is 0. The van der Waals surface area contributed by atoms with Crippen LogP contribution in [0, 0.1) is 0 Å². The van der Waals surface area contributed by atoms with Gasteiger partial charge in [-0.2, -0.15) is 0 Å². The first-order valence-electron chi connectivity index (χ1n) is 5.98. The third kappa shape index (κ3) is 6.48. The van der Waals surface area contributed by atoms with Gasteiger partial charge in [-0.25, -0.2) is 0 Å². The van der Waals surface area contributed by atoms with E-state index in [1.807, 2.05) is 0 Å². The smallest absolute Gasteiger partial charge is 0.396 e. The normalized spacial score (nSPS) is 19.3. The molecule has 0 aromatic carbocycles. The molecular weight excluding hydrogens is 260 g/mol. The van der Waals surface area contributed by atoms with Gasteiger partial charge in [0.2, 0.25) is 0 Å². The van der Waals surface area contributed by atoms with Crippen molar-refractivity contribution in [3.05, 3.63) is 0 Å². The molecule has 1 aliphatic rings.